The zero-order chi connectivity index (χ0) is 20.4. The molecule has 0 aliphatic heterocycles. The molecule has 1 aliphatic rings. The molecule has 6 nitrogen and oxygen atoms in total. The lowest BCUT2D eigenvalue weighted by Crippen LogP contribution is -2.34. The number of rotatable bonds is 5. The minimum absolute atomic E-state index is 0.118. The minimum Gasteiger partial charge on any atom is -0.449 e. The molecule has 1 saturated carbocycles. The summed E-state index contributed by atoms with van der Waals surface area (Å²) < 4.78 is 45.0. The fraction of sp³-hybridized carbons (Fsp3) is 0.333. The van der Waals surface area contributed by atoms with Crippen LogP contribution in [0.3, 0.4) is 0 Å². The number of sulfone groups is 1. The van der Waals surface area contributed by atoms with Gasteiger partial charge in [-0.2, -0.15) is 0 Å². The first-order valence-corrected chi connectivity index (χ1v) is 11.1. The molecule has 1 amide bonds. The maximum atomic E-state index is 14.1. The summed E-state index contributed by atoms with van der Waals surface area (Å²) in [6.45, 7) is 0.212. The number of carbonyl (C=O) groups excluding carboxylic acids is 1. The molecule has 2 unspecified atom stereocenters. The highest BCUT2D eigenvalue weighted by atomic mass is 32.2. The molecular formula is C21H21FN2O4S. The molecular weight excluding hydrogens is 395 g/mol. The van der Waals surface area contributed by atoms with Gasteiger partial charge in [-0.05, 0) is 42.7 Å². The van der Waals surface area contributed by atoms with Crippen LogP contribution in [0.1, 0.15) is 41.8 Å². The lowest BCUT2D eigenvalue weighted by atomic mass is 9.98. The Morgan fingerprint density at radius 2 is 1.93 bits per heavy atom. The summed E-state index contributed by atoms with van der Waals surface area (Å²) in [5.41, 5.74) is 1.26. The SMILES string of the molecule is O=C(NCc1ccc(S(=O)(=O)C2CCCCC2F)cc1)c1cc2ccncc2o1. The number of benzene rings is 1. The van der Waals surface area contributed by atoms with Crippen LogP contribution >= 0.6 is 0 Å². The van der Waals surface area contributed by atoms with Crippen molar-refractivity contribution in [3.63, 3.8) is 0 Å². The summed E-state index contributed by atoms with van der Waals surface area (Å²) >= 11 is 0. The van der Waals surface area contributed by atoms with Crippen molar-refractivity contribution in [2.75, 3.05) is 0 Å². The number of halogens is 1. The normalized spacial score (nSPS) is 19.9. The van der Waals surface area contributed by atoms with Crippen molar-refractivity contribution >= 4 is 26.7 Å². The summed E-state index contributed by atoms with van der Waals surface area (Å²) in [5, 5.41) is 2.56. The van der Waals surface area contributed by atoms with Gasteiger partial charge >= 0.3 is 0 Å². The highest BCUT2D eigenvalue weighted by molar-refractivity contribution is 7.92. The molecule has 2 aromatic heterocycles. The number of aromatic nitrogens is 1. The second kappa shape index (κ2) is 7.94. The fourth-order valence-corrected chi connectivity index (χ4v) is 5.51. The van der Waals surface area contributed by atoms with Gasteiger partial charge in [-0.15, -0.1) is 0 Å². The van der Waals surface area contributed by atoms with Crippen LogP contribution in [-0.2, 0) is 16.4 Å². The van der Waals surface area contributed by atoms with E-state index in [1.165, 1.54) is 12.1 Å². The van der Waals surface area contributed by atoms with Gasteiger partial charge in [0.2, 0.25) is 0 Å². The number of hydrogen-bond donors (Lipinski definition) is 1. The molecule has 3 aromatic rings. The van der Waals surface area contributed by atoms with Crippen LogP contribution in [-0.4, -0.2) is 30.7 Å². The monoisotopic (exact) mass is 416 g/mol. The second-order valence-electron chi connectivity index (χ2n) is 7.23. The van der Waals surface area contributed by atoms with Gasteiger partial charge in [0.05, 0.1) is 16.3 Å². The van der Waals surface area contributed by atoms with Gasteiger partial charge in [-0.3, -0.25) is 9.78 Å². The van der Waals surface area contributed by atoms with E-state index in [1.807, 2.05) is 0 Å². The van der Waals surface area contributed by atoms with Crippen molar-refractivity contribution in [3.8, 4) is 0 Å². The van der Waals surface area contributed by atoms with Crippen molar-refractivity contribution in [2.45, 2.75) is 48.5 Å². The third kappa shape index (κ3) is 4.03. The third-order valence-corrected chi connectivity index (χ3v) is 7.53. The van der Waals surface area contributed by atoms with E-state index >= 15 is 0 Å². The molecule has 8 heteroatoms. The van der Waals surface area contributed by atoms with Gasteiger partial charge in [-0.1, -0.05) is 25.0 Å². The van der Waals surface area contributed by atoms with Gasteiger partial charge in [0.15, 0.2) is 21.2 Å². The van der Waals surface area contributed by atoms with E-state index in [-0.39, 0.29) is 23.1 Å². The summed E-state index contributed by atoms with van der Waals surface area (Å²) in [6.07, 6.45) is 3.96. The molecule has 1 fully saturated rings. The Morgan fingerprint density at radius 3 is 2.66 bits per heavy atom. The molecule has 29 heavy (non-hydrogen) atoms. The number of nitrogens with one attached hydrogen (secondary N) is 1. The lowest BCUT2D eigenvalue weighted by Gasteiger charge is -2.25. The van der Waals surface area contributed by atoms with Crippen molar-refractivity contribution in [3.05, 3.63) is 60.1 Å². The number of pyridine rings is 1. The van der Waals surface area contributed by atoms with E-state index in [4.69, 9.17) is 4.42 Å². The average Bonchev–Trinajstić information content (AvgIpc) is 3.17. The molecule has 4 rings (SSSR count). The number of alkyl halides is 1. The molecule has 2 heterocycles. The van der Waals surface area contributed by atoms with Crippen LogP contribution in [0.15, 0.2) is 58.1 Å². The van der Waals surface area contributed by atoms with E-state index < -0.39 is 21.3 Å². The fourth-order valence-electron chi connectivity index (χ4n) is 3.64. The first kappa shape index (κ1) is 19.6. The quantitative estimate of drug-likeness (QED) is 0.683. The number of fused-ring (bicyclic) bond motifs is 1. The molecule has 0 radical (unpaired) electrons. The molecule has 2 atom stereocenters. The van der Waals surface area contributed by atoms with Crippen LogP contribution in [0.4, 0.5) is 4.39 Å². The van der Waals surface area contributed by atoms with E-state index in [2.05, 4.69) is 10.3 Å². The Balaban J connectivity index is 1.42. The topological polar surface area (TPSA) is 89.3 Å². The largest absolute Gasteiger partial charge is 0.449 e. The summed E-state index contributed by atoms with van der Waals surface area (Å²) in [5.74, 6) is -0.196. The van der Waals surface area contributed by atoms with Crippen LogP contribution in [0.2, 0.25) is 0 Å². The smallest absolute Gasteiger partial charge is 0.287 e. The first-order chi connectivity index (χ1) is 13.9. The van der Waals surface area contributed by atoms with Crippen LogP contribution in [0.25, 0.3) is 11.0 Å². The van der Waals surface area contributed by atoms with Gasteiger partial charge in [0, 0.05) is 18.1 Å². The zero-order valence-electron chi connectivity index (χ0n) is 15.7. The molecule has 1 aromatic carbocycles. The maximum Gasteiger partial charge on any atom is 0.287 e. The number of hydrogen-bond acceptors (Lipinski definition) is 5. The number of furan rings is 1. The van der Waals surface area contributed by atoms with E-state index in [0.717, 1.165) is 23.8 Å². The van der Waals surface area contributed by atoms with Gasteiger partial charge in [0.25, 0.3) is 5.91 Å². The zero-order valence-corrected chi connectivity index (χ0v) is 16.5. The Labute approximate surface area is 168 Å². The Hall–Kier alpha value is -2.74. The van der Waals surface area contributed by atoms with E-state index in [9.17, 15) is 17.6 Å². The van der Waals surface area contributed by atoms with Crippen molar-refractivity contribution in [1.29, 1.82) is 0 Å². The Bertz CT molecular complexity index is 1090. The average molecular weight is 416 g/mol. The second-order valence-corrected chi connectivity index (χ2v) is 9.40. The van der Waals surface area contributed by atoms with Gasteiger partial charge < -0.3 is 9.73 Å². The van der Waals surface area contributed by atoms with E-state index in [0.29, 0.717) is 18.4 Å². The molecule has 0 spiro atoms. The number of carbonyl (C=O) groups is 1. The molecule has 0 saturated heterocycles. The summed E-state index contributed by atoms with van der Waals surface area (Å²) in [7, 11) is -3.70. The molecule has 1 aliphatic carbocycles. The first-order valence-electron chi connectivity index (χ1n) is 9.54. The van der Waals surface area contributed by atoms with Crippen LogP contribution < -0.4 is 5.32 Å². The van der Waals surface area contributed by atoms with Crippen LogP contribution in [0.5, 0.6) is 0 Å². The minimum atomic E-state index is -3.70. The Morgan fingerprint density at radius 1 is 1.17 bits per heavy atom. The third-order valence-electron chi connectivity index (χ3n) is 5.27. The highest BCUT2D eigenvalue weighted by Crippen LogP contribution is 2.31. The van der Waals surface area contributed by atoms with Crippen molar-refractivity contribution < 1.29 is 22.0 Å². The predicted molar refractivity (Wildman–Crippen MR) is 106 cm³/mol. The lowest BCUT2D eigenvalue weighted by molar-refractivity contribution is 0.0925. The van der Waals surface area contributed by atoms with Crippen LogP contribution in [0, 0.1) is 0 Å². The number of nitrogens with zero attached hydrogens (tertiary/aromatic N) is 1. The molecule has 152 valence electrons. The molecule has 0 bridgehead atoms. The van der Waals surface area contributed by atoms with Crippen molar-refractivity contribution in [2.24, 2.45) is 0 Å². The Kier molecular flexibility index (Phi) is 5.36. The molecule has 1 N–H and O–H groups in total. The summed E-state index contributed by atoms with van der Waals surface area (Å²) in [4.78, 5) is 16.4. The summed E-state index contributed by atoms with van der Waals surface area (Å²) in [6, 6.07) is 9.61. The van der Waals surface area contributed by atoms with Gasteiger partial charge in [-0.25, -0.2) is 12.8 Å². The number of amides is 1. The van der Waals surface area contributed by atoms with Gasteiger partial charge in [0.1, 0.15) is 6.17 Å². The van der Waals surface area contributed by atoms with E-state index in [1.54, 1.807) is 36.7 Å². The maximum absolute atomic E-state index is 14.1. The predicted octanol–water partition coefficient (Wildman–Crippen LogP) is 3.81. The van der Waals surface area contributed by atoms with Crippen molar-refractivity contribution in [1.82, 2.24) is 10.3 Å². The standard InChI is InChI=1S/C21H21FN2O4S/c22-17-3-1-2-4-20(17)29(26,27)16-7-5-14(6-8-16)12-24-21(25)18-11-15-9-10-23-13-19(15)28-18/h5-11,13,17,20H,1-4,12H2,(H,24,25). The highest BCUT2D eigenvalue weighted by Gasteiger charge is 2.36.